The highest BCUT2D eigenvalue weighted by molar-refractivity contribution is 5.92. The lowest BCUT2D eigenvalue weighted by Gasteiger charge is -2.36. The van der Waals surface area contributed by atoms with E-state index in [1.165, 1.54) is 45.6 Å². The van der Waals surface area contributed by atoms with Crippen LogP contribution >= 0.6 is 0 Å². The maximum absolute atomic E-state index is 12.5. The second-order valence-electron chi connectivity index (χ2n) is 11.6. The molecule has 1 aromatic rings. The summed E-state index contributed by atoms with van der Waals surface area (Å²) in [6.45, 7) is 7.92. The monoisotopic (exact) mass is 561 g/mol. The van der Waals surface area contributed by atoms with Gasteiger partial charge in [-0.05, 0) is 45.7 Å². The van der Waals surface area contributed by atoms with Crippen LogP contribution in [0.5, 0.6) is 0 Å². The number of pyridine rings is 1. The minimum Gasteiger partial charge on any atom is -0.469 e. The lowest BCUT2D eigenvalue weighted by atomic mass is 10.0. The zero-order valence-electron chi connectivity index (χ0n) is 25.1. The molecule has 10 heteroatoms. The summed E-state index contributed by atoms with van der Waals surface area (Å²) in [5, 5.41) is 2.88. The first kappa shape index (κ1) is 33.2. The Morgan fingerprint density at radius 3 is 1.90 bits per heavy atom. The molecule has 1 saturated heterocycles. The Hall–Kier alpha value is -3.04. The van der Waals surface area contributed by atoms with Crippen molar-refractivity contribution < 1.29 is 23.9 Å². The summed E-state index contributed by atoms with van der Waals surface area (Å²) in [5.41, 5.74) is 6.01. The highest BCUT2D eigenvalue weighted by Crippen LogP contribution is 2.23. The number of rotatable bonds is 16. The van der Waals surface area contributed by atoms with Gasteiger partial charge in [-0.3, -0.25) is 9.59 Å². The molecule has 2 rings (SSSR count). The zero-order chi connectivity index (χ0) is 29.4. The Bertz CT molecular complexity index is 926. The molecule has 2 amide bonds. The number of piperazine rings is 1. The Balaban J connectivity index is 1.58. The van der Waals surface area contributed by atoms with Crippen LogP contribution in [0.1, 0.15) is 104 Å². The van der Waals surface area contributed by atoms with Crippen molar-refractivity contribution in [3.63, 3.8) is 0 Å². The summed E-state index contributed by atoms with van der Waals surface area (Å²) in [6.07, 6.45) is 13.0. The van der Waals surface area contributed by atoms with Gasteiger partial charge in [-0.2, -0.15) is 0 Å². The van der Waals surface area contributed by atoms with Crippen LogP contribution in [0.2, 0.25) is 0 Å². The third kappa shape index (κ3) is 13.3. The van der Waals surface area contributed by atoms with Gasteiger partial charge in [-0.15, -0.1) is 0 Å². The Labute approximate surface area is 240 Å². The van der Waals surface area contributed by atoms with Crippen molar-refractivity contribution in [3.8, 4) is 0 Å². The molecular formula is C30H51N5O5. The average molecular weight is 562 g/mol. The van der Waals surface area contributed by atoms with Crippen LogP contribution in [0, 0.1) is 0 Å². The molecule has 0 spiro atoms. The highest BCUT2D eigenvalue weighted by Gasteiger charge is 2.26. The number of aromatic nitrogens is 1. The van der Waals surface area contributed by atoms with Gasteiger partial charge >= 0.3 is 12.1 Å². The standard InChI is InChI=1S/C30H51N5O5/c1-30(2,3)40-29(38)35-22-20-34(21-23-35)25-19-18-24(31)28(32-25)33-26(36)16-14-12-10-8-6-5-7-9-11-13-15-17-27(37)39-4/h18-19H,5-17,20-23,31H2,1-4H3,(H,32,33,36). The van der Waals surface area contributed by atoms with Crippen molar-refractivity contribution in [2.24, 2.45) is 0 Å². The molecule has 0 aliphatic carbocycles. The molecule has 0 bridgehead atoms. The van der Waals surface area contributed by atoms with Gasteiger partial charge in [0.25, 0.3) is 0 Å². The summed E-state index contributed by atoms with van der Waals surface area (Å²) in [6, 6.07) is 3.61. The molecule has 2 heterocycles. The second-order valence-corrected chi connectivity index (χ2v) is 11.6. The van der Waals surface area contributed by atoms with Crippen molar-refractivity contribution in [3.05, 3.63) is 12.1 Å². The van der Waals surface area contributed by atoms with Crippen molar-refractivity contribution in [2.45, 2.75) is 110 Å². The number of carbonyl (C=O) groups excluding carboxylic acids is 3. The van der Waals surface area contributed by atoms with Gasteiger partial charge in [0, 0.05) is 39.0 Å². The molecule has 1 aromatic heterocycles. The van der Waals surface area contributed by atoms with E-state index in [0.29, 0.717) is 50.5 Å². The van der Waals surface area contributed by atoms with Gasteiger partial charge in [0.2, 0.25) is 5.91 Å². The van der Waals surface area contributed by atoms with Gasteiger partial charge in [0.05, 0.1) is 12.8 Å². The average Bonchev–Trinajstić information content (AvgIpc) is 2.91. The fourth-order valence-electron chi connectivity index (χ4n) is 4.62. The Kier molecular flexibility index (Phi) is 14.6. The van der Waals surface area contributed by atoms with E-state index in [-0.39, 0.29) is 18.0 Å². The Morgan fingerprint density at radius 1 is 0.850 bits per heavy atom. The van der Waals surface area contributed by atoms with Gasteiger partial charge < -0.3 is 30.3 Å². The summed E-state index contributed by atoms with van der Waals surface area (Å²) >= 11 is 0. The van der Waals surface area contributed by atoms with E-state index in [0.717, 1.165) is 37.9 Å². The van der Waals surface area contributed by atoms with Crippen LogP contribution in [0.4, 0.5) is 22.1 Å². The third-order valence-electron chi connectivity index (χ3n) is 6.94. The lowest BCUT2D eigenvalue weighted by Crippen LogP contribution is -2.50. The number of ether oxygens (including phenoxy) is 2. The molecule has 3 N–H and O–H groups in total. The molecule has 40 heavy (non-hydrogen) atoms. The third-order valence-corrected chi connectivity index (χ3v) is 6.94. The summed E-state index contributed by atoms with van der Waals surface area (Å²) in [5.74, 6) is 0.936. The first-order valence-corrected chi connectivity index (χ1v) is 14.9. The van der Waals surface area contributed by atoms with Crippen molar-refractivity contribution in [1.82, 2.24) is 9.88 Å². The molecule has 0 aromatic carbocycles. The second kappa shape index (κ2) is 17.6. The number of amides is 2. The van der Waals surface area contributed by atoms with E-state index in [1.807, 2.05) is 26.8 Å². The van der Waals surface area contributed by atoms with E-state index >= 15 is 0 Å². The normalized spacial score (nSPS) is 13.7. The largest absolute Gasteiger partial charge is 0.469 e. The number of methoxy groups -OCH3 is 1. The van der Waals surface area contributed by atoms with Crippen LogP contribution in [0.3, 0.4) is 0 Å². The molecule has 1 aliphatic rings. The molecule has 0 atom stereocenters. The van der Waals surface area contributed by atoms with Crippen molar-refractivity contribution >= 4 is 35.3 Å². The number of unbranched alkanes of at least 4 members (excludes halogenated alkanes) is 10. The Morgan fingerprint density at radius 2 is 1.38 bits per heavy atom. The van der Waals surface area contributed by atoms with E-state index in [9.17, 15) is 14.4 Å². The van der Waals surface area contributed by atoms with Crippen LogP contribution in [0.15, 0.2) is 12.1 Å². The maximum atomic E-state index is 12.5. The van der Waals surface area contributed by atoms with Gasteiger partial charge in [0.1, 0.15) is 11.4 Å². The molecule has 0 saturated carbocycles. The number of nitrogens with two attached hydrogens (primary N) is 1. The predicted molar refractivity (Wildman–Crippen MR) is 159 cm³/mol. The van der Waals surface area contributed by atoms with E-state index < -0.39 is 5.60 Å². The molecular weight excluding hydrogens is 510 g/mol. The summed E-state index contributed by atoms with van der Waals surface area (Å²) in [7, 11) is 1.44. The van der Waals surface area contributed by atoms with E-state index in [4.69, 9.17) is 10.5 Å². The predicted octanol–water partition coefficient (Wildman–Crippen LogP) is 5.90. The number of carbonyl (C=O) groups is 3. The summed E-state index contributed by atoms with van der Waals surface area (Å²) in [4.78, 5) is 44.3. The SMILES string of the molecule is COC(=O)CCCCCCCCCCCCCC(=O)Nc1nc(N2CCN(C(=O)OC(C)(C)C)CC2)ccc1N. The number of hydrogen-bond donors (Lipinski definition) is 2. The minimum atomic E-state index is -0.518. The molecule has 10 nitrogen and oxygen atoms in total. The molecule has 1 fully saturated rings. The fourth-order valence-corrected chi connectivity index (χ4v) is 4.62. The highest BCUT2D eigenvalue weighted by atomic mass is 16.6. The lowest BCUT2D eigenvalue weighted by molar-refractivity contribution is -0.140. The van der Waals surface area contributed by atoms with E-state index in [1.54, 1.807) is 11.0 Å². The van der Waals surface area contributed by atoms with Crippen molar-refractivity contribution in [1.29, 1.82) is 0 Å². The molecule has 0 radical (unpaired) electrons. The quantitative estimate of drug-likeness (QED) is 0.189. The van der Waals surface area contributed by atoms with Gasteiger partial charge in [0.15, 0.2) is 5.82 Å². The van der Waals surface area contributed by atoms with Crippen LogP contribution < -0.4 is 16.0 Å². The van der Waals surface area contributed by atoms with Gasteiger partial charge in [-0.1, -0.05) is 57.8 Å². The fraction of sp³-hybridized carbons (Fsp3) is 0.733. The first-order valence-electron chi connectivity index (χ1n) is 14.9. The number of nitrogens with zero attached hydrogens (tertiary/aromatic N) is 3. The maximum Gasteiger partial charge on any atom is 0.410 e. The number of esters is 1. The number of anilines is 3. The molecule has 226 valence electrons. The summed E-state index contributed by atoms with van der Waals surface area (Å²) < 4.78 is 10.1. The number of nitrogens with one attached hydrogen (secondary N) is 1. The van der Waals surface area contributed by atoms with Crippen LogP contribution in [-0.2, 0) is 19.1 Å². The van der Waals surface area contributed by atoms with E-state index in [2.05, 4.69) is 19.9 Å². The van der Waals surface area contributed by atoms with Crippen LogP contribution in [-0.4, -0.2) is 66.7 Å². The number of hydrogen-bond acceptors (Lipinski definition) is 8. The van der Waals surface area contributed by atoms with Crippen molar-refractivity contribution in [2.75, 3.05) is 49.2 Å². The first-order chi connectivity index (χ1) is 19.1. The van der Waals surface area contributed by atoms with Crippen LogP contribution in [0.25, 0.3) is 0 Å². The zero-order valence-corrected chi connectivity index (χ0v) is 25.1. The minimum absolute atomic E-state index is 0.0710. The molecule has 1 aliphatic heterocycles. The van der Waals surface area contributed by atoms with Gasteiger partial charge in [-0.25, -0.2) is 9.78 Å². The number of nitrogen functional groups attached to an aromatic ring is 1. The topological polar surface area (TPSA) is 127 Å². The molecule has 0 unspecified atom stereocenters. The smallest absolute Gasteiger partial charge is 0.410 e.